The van der Waals surface area contributed by atoms with Crippen LogP contribution in [0, 0.1) is 5.82 Å². The van der Waals surface area contributed by atoms with Crippen LogP contribution in [0.2, 0.25) is 5.15 Å². The molecule has 1 amide bonds. The molecule has 0 unspecified atom stereocenters. The molecule has 0 aliphatic carbocycles. The molecule has 2 aromatic carbocycles. The molecule has 0 saturated heterocycles. The fourth-order valence-corrected chi connectivity index (χ4v) is 2.91. The summed E-state index contributed by atoms with van der Waals surface area (Å²) in [7, 11) is 0. The van der Waals surface area contributed by atoms with Gasteiger partial charge in [0.25, 0.3) is 0 Å². The molecule has 1 N–H and O–H groups in total. The van der Waals surface area contributed by atoms with E-state index in [2.05, 4.69) is 10.3 Å². The summed E-state index contributed by atoms with van der Waals surface area (Å²) in [6.07, 6.45) is -0.557. The summed E-state index contributed by atoms with van der Waals surface area (Å²) in [5, 5.41) is 3.10. The van der Waals surface area contributed by atoms with E-state index in [0.29, 0.717) is 5.69 Å². The van der Waals surface area contributed by atoms with Crippen molar-refractivity contribution >= 4 is 17.7 Å². The summed E-state index contributed by atoms with van der Waals surface area (Å²) in [6, 6.07) is 19.0. The molecule has 0 aliphatic rings. The zero-order valence-corrected chi connectivity index (χ0v) is 16.3. The SMILES string of the molecule is CC(C)(NC(=O)OCc1ccccc1)c1cc(-c2ccc(F)cc2)cc(Cl)n1. The van der Waals surface area contributed by atoms with Gasteiger partial charge in [-0.05, 0) is 54.8 Å². The molecular formula is C22H20ClFN2O2. The third kappa shape index (κ3) is 5.08. The van der Waals surface area contributed by atoms with E-state index in [1.165, 1.54) is 12.1 Å². The number of carbonyl (C=O) groups is 1. The molecule has 0 bridgehead atoms. The first-order chi connectivity index (χ1) is 13.3. The quantitative estimate of drug-likeness (QED) is 0.560. The summed E-state index contributed by atoms with van der Waals surface area (Å²) in [4.78, 5) is 16.6. The molecule has 1 heterocycles. The third-order valence-corrected chi connectivity index (χ3v) is 4.43. The van der Waals surface area contributed by atoms with Gasteiger partial charge in [0.2, 0.25) is 0 Å². The van der Waals surface area contributed by atoms with Crippen molar-refractivity contribution in [3.8, 4) is 11.1 Å². The fourth-order valence-electron chi connectivity index (χ4n) is 2.70. The van der Waals surface area contributed by atoms with Crippen LogP contribution in [-0.4, -0.2) is 11.1 Å². The van der Waals surface area contributed by atoms with Crippen LogP contribution in [0.25, 0.3) is 11.1 Å². The van der Waals surface area contributed by atoms with E-state index < -0.39 is 11.6 Å². The Balaban J connectivity index is 1.75. The first-order valence-corrected chi connectivity index (χ1v) is 9.14. The van der Waals surface area contributed by atoms with Gasteiger partial charge in [0.15, 0.2) is 0 Å². The largest absolute Gasteiger partial charge is 0.445 e. The van der Waals surface area contributed by atoms with Gasteiger partial charge in [-0.1, -0.05) is 54.1 Å². The van der Waals surface area contributed by atoms with Crippen molar-refractivity contribution in [3.05, 3.63) is 89.0 Å². The van der Waals surface area contributed by atoms with Gasteiger partial charge < -0.3 is 10.1 Å². The Bertz CT molecular complexity index is 960. The van der Waals surface area contributed by atoms with Gasteiger partial charge in [-0.15, -0.1) is 0 Å². The smallest absolute Gasteiger partial charge is 0.408 e. The highest BCUT2D eigenvalue weighted by molar-refractivity contribution is 6.29. The Morgan fingerprint density at radius 1 is 1.07 bits per heavy atom. The van der Waals surface area contributed by atoms with Gasteiger partial charge in [0.1, 0.15) is 17.6 Å². The van der Waals surface area contributed by atoms with E-state index in [1.54, 1.807) is 18.2 Å². The normalized spacial score (nSPS) is 11.1. The van der Waals surface area contributed by atoms with E-state index >= 15 is 0 Å². The summed E-state index contributed by atoms with van der Waals surface area (Å²) in [5.74, 6) is -0.313. The van der Waals surface area contributed by atoms with E-state index in [0.717, 1.165) is 16.7 Å². The lowest BCUT2D eigenvalue weighted by atomic mass is 9.96. The maximum atomic E-state index is 13.2. The van der Waals surface area contributed by atoms with Crippen LogP contribution in [0.3, 0.4) is 0 Å². The molecular weight excluding hydrogens is 379 g/mol. The van der Waals surface area contributed by atoms with Crippen molar-refractivity contribution < 1.29 is 13.9 Å². The van der Waals surface area contributed by atoms with Gasteiger partial charge in [-0.25, -0.2) is 14.2 Å². The van der Waals surface area contributed by atoms with Crippen molar-refractivity contribution in [2.45, 2.75) is 26.0 Å². The van der Waals surface area contributed by atoms with Crippen molar-refractivity contribution in [2.75, 3.05) is 0 Å². The number of carbonyl (C=O) groups excluding carboxylic acids is 1. The number of hydrogen-bond acceptors (Lipinski definition) is 3. The van der Waals surface area contributed by atoms with Crippen LogP contribution in [0.5, 0.6) is 0 Å². The first kappa shape index (κ1) is 19.8. The summed E-state index contributed by atoms with van der Waals surface area (Å²) >= 11 is 6.19. The highest BCUT2D eigenvalue weighted by Crippen LogP contribution is 2.28. The number of pyridine rings is 1. The molecule has 0 atom stereocenters. The van der Waals surface area contributed by atoms with Crippen LogP contribution in [0.4, 0.5) is 9.18 Å². The fraction of sp³-hybridized carbons (Fsp3) is 0.182. The number of nitrogens with one attached hydrogen (secondary N) is 1. The van der Waals surface area contributed by atoms with Gasteiger partial charge >= 0.3 is 6.09 Å². The molecule has 28 heavy (non-hydrogen) atoms. The Hall–Kier alpha value is -2.92. The number of hydrogen-bond donors (Lipinski definition) is 1. The topological polar surface area (TPSA) is 51.2 Å². The van der Waals surface area contributed by atoms with E-state index in [4.69, 9.17) is 16.3 Å². The molecule has 144 valence electrons. The predicted molar refractivity (Wildman–Crippen MR) is 107 cm³/mol. The Labute approximate surface area is 168 Å². The minimum Gasteiger partial charge on any atom is -0.445 e. The lowest BCUT2D eigenvalue weighted by molar-refractivity contribution is 0.129. The third-order valence-electron chi connectivity index (χ3n) is 4.24. The Kier molecular flexibility index (Phi) is 5.95. The number of rotatable bonds is 5. The van der Waals surface area contributed by atoms with Crippen LogP contribution < -0.4 is 5.32 Å². The standard InChI is InChI=1S/C22H20ClFN2O2/c1-22(2,26-21(27)28-14-15-6-4-3-5-7-15)19-12-17(13-20(23)25-19)16-8-10-18(24)11-9-16/h3-13H,14H2,1-2H3,(H,26,27). The van der Waals surface area contributed by atoms with Gasteiger partial charge in [0, 0.05) is 0 Å². The number of halogens is 2. The van der Waals surface area contributed by atoms with Gasteiger partial charge in [-0.3, -0.25) is 0 Å². The molecule has 1 aromatic heterocycles. The maximum Gasteiger partial charge on any atom is 0.408 e. The van der Waals surface area contributed by atoms with Crippen LogP contribution in [0.1, 0.15) is 25.1 Å². The predicted octanol–water partition coefficient (Wildman–Crippen LogP) is 5.70. The minimum absolute atomic E-state index is 0.173. The van der Waals surface area contributed by atoms with Gasteiger partial charge in [0.05, 0.1) is 11.2 Å². The number of benzene rings is 2. The molecule has 3 rings (SSSR count). The second kappa shape index (κ2) is 8.40. The first-order valence-electron chi connectivity index (χ1n) is 8.76. The molecule has 3 aromatic rings. The molecule has 0 saturated carbocycles. The summed E-state index contributed by atoms with van der Waals surface area (Å²) < 4.78 is 18.5. The average molecular weight is 399 g/mol. The second-order valence-electron chi connectivity index (χ2n) is 6.88. The van der Waals surface area contributed by atoms with Crippen molar-refractivity contribution in [2.24, 2.45) is 0 Å². The number of ether oxygens (including phenoxy) is 1. The highest BCUT2D eigenvalue weighted by Gasteiger charge is 2.26. The number of alkyl carbamates (subject to hydrolysis) is 1. The second-order valence-corrected chi connectivity index (χ2v) is 7.27. The van der Waals surface area contributed by atoms with Crippen molar-refractivity contribution in [3.63, 3.8) is 0 Å². The number of nitrogens with zero attached hydrogens (tertiary/aromatic N) is 1. The number of aromatic nitrogens is 1. The average Bonchev–Trinajstić information content (AvgIpc) is 2.67. The zero-order chi connectivity index (χ0) is 20.1. The lowest BCUT2D eigenvalue weighted by Crippen LogP contribution is -2.42. The van der Waals surface area contributed by atoms with Crippen LogP contribution >= 0.6 is 11.6 Å². The lowest BCUT2D eigenvalue weighted by Gasteiger charge is -2.26. The van der Waals surface area contributed by atoms with E-state index in [9.17, 15) is 9.18 Å². The molecule has 0 aliphatic heterocycles. The summed E-state index contributed by atoms with van der Waals surface area (Å²) in [6.45, 7) is 3.79. The van der Waals surface area contributed by atoms with Crippen molar-refractivity contribution in [1.82, 2.24) is 10.3 Å². The van der Waals surface area contributed by atoms with Crippen LogP contribution in [0.15, 0.2) is 66.7 Å². The van der Waals surface area contributed by atoms with Gasteiger partial charge in [-0.2, -0.15) is 0 Å². The molecule has 4 nitrogen and oxygen atoms in total. The van der Waals surface area contributed by atoms with Crippen LogP contribution in [-0.2, 0) is 16.9 Å². The molecule has 0 spiro atoms. The zero-order valence-electron chi connectivity index (χ0n) is 15.6. The minimum atomic E-state index is -0.826. The monoisotopic (exact) mass is 398 g/mol. The Morgan fingerprint density at radius 3 is 2.43 bits per heavy atom. The molecule has 0 fully saturated rings. The maximum absolute atomic E-state index is 13.2. The highest BCUT2D eigenvalue weighted by atomic mass is 35.5. The number of amides is 1. The molecule has 0 radical (unpaired) electrons. The van der Waals surface area contributed by atoms with Crippen molar-refractivity contribution in [1.29, 1.82) is 0 Å². The summed E-state index contributed by atoms with van der Waals surface area (Å²) in [5.41, 5.74) is 2.22. The molecule has 6 heteroatoms. The van der Waals surface area contributed by atoms with E-state index in [1.807, 2.05) is 50.2 Å². The Morgan fingerprint density at radius 2 is 1.75 bits per heavy atom. The van der Waals surface area contributed by atoms with E-state index in [-0.39, 0.29) is 17.6 Å².